The summed E-state index contributed by atoms with van der Waals surface area (Å²) in [6.07, 6.45) is 1.58. The predicted molar refractivity (Wildman–Crippen MR) is 106 cm³/mol. The summed E-state index contributed by atoms with van der Waals surface area (Å²) >= 11 is 0. The number of rotatable bonds is 4. The second-order valence-corrected chi connectivity index (χ2v) is 7.06. The third kappa shape index (κ3) is 3.32. The summed E-state index contributed by atoms with van der Waals surface area (Å²) in [6, 6.07) is 1.70. The van der Waals surface area contributed by atoms with Gasteiger partial charge in [-0.15, -0.1) is 0 Å². The molecule has 1 aromatic carbocycles. The van der Waals surface area contributed by atoms with Crippen molar-refractivity contribution in [3.05, 3.63) is 45.0 Å². The van der Waals surface area contributed by atoms with Crippen LogP contribution in [0.1, 0.15) is 36.1 Å². The molecule has 27 heavy (non-hydrogen) atoms. The van der Waals surface area contributed by atoms with E-state index in [0.29, 0.717) is 22.7 Å². The van der Waals surface area contributed by atoms with Crippen molar-refractivity contribution in [2.75, 3.05) is 5.32 Å². The maximum absolute atomic E-state index is 12.3. The largest absolute Gasteiger partial charge is 0.454 e. The van der Waals surface area contributed by atoms with Crippen LogP contribution in [0.4, 0.5) is 5.69 Å². The molecule has 3 N–H and O–H groups in total. The lowest BCUT2D eigenvalue weighted by atomic mass is 9.96. The Kier molecular flexibility index (Phi) is 4.78. The molecule has 142 valence electrons. The molecule has 0 saturated heterocycles. The van der Waals surface area contributed by atoms with Crippen molar-refractivity contribution in [1.82, 2.24) is 15.0 Å². The van der Waals surface area contributed by atoms with E-state index in [9.17, 15) is 9.59 Å². The highest BCUT2D eigenvalue weighted by atomic mass is 16.5. The van der Waals surface area contributed by atoms with E-state index >= 15 is 0 Å². The van der Waals surface area contributed by atoms with Crippen molar-refractivity contribution in [3.8, 4) is 11.5 Å². The Hall–Kier alpha value is -3.09. The van der Waals surface area contributed by atoms with E-state index in [1.165, 1.54) is 0 Å². The molecule has 0 aliphatic carbocycles. The number of amides is 1. The number of H-pyrrole nitrogens is 2. The van der Waals surface area contributed by atoms with Gasteiger partial charge in [0.15, 0.2) is 11.4 Å². The third-order valence-electron chi connectivity index (χ3n) is 4.92. The zero-order chi connectivity index (χ0) is 19.9. The minimum atomic E-state index is -0.341. The van der Waals surface area contributed by atoms with E-state index in [1.807, 2.05) is 41.5 Å². The summed E-state index contributed by atoms with van der Waals surface area (Å²) in [4.78, 5) is 33.3. The Balaban J connectivity index is 2.13. The van der Waals surface area contributed by atoms with Crippen molar-refractivity contribution < 1.29 is 9.53 Å². The van der Waals surface area contributed by atoms with Gasteiger partial charge in [0.05, 0.1) is 5.69 Å². The average molecular weight is 368 g/mol. The fraction of sp³-hybridized carbons (Fsp3) is 0.350. The van der Waals surface area contributed by atoms with E-state index in [1.54, 1.807) is 12.3 Å². The number of carbonyl (C=O) groups excluding carboxylic acids is 1. The first-order valence-electron chi connectivity index (χ1n) is 8.86. The lowest BCUT2D eigenvalue weighted by Gasteiger charge is -2.21. The first-order chi connectivity index (χ1) is 12.7. The molecule has 0 fully saturated rings. The second kappa shape index (κ2) is 6.90. The number of anilines is 1. The molecule has 1 amide bonds. The van der Waals surface area contributed by atoms with Gasteiger partial charge in [-0.2, -0.15) is 0 Å². The van der Waals surface area contributed by atoms with Gasteiger partial charge < -0.3 is 15.0 Å². The van der Waals surface area contributed by atoms with Crippen LogP contribution in [0.15, 0.2) is 17.1 Å². The number of hydrogen-bond donors (Lipinski definition) is 3. The van der Waals surface area contributed by atoms with Gasteiger partial charge in [-0.1, -0.05) is 13.8 Å². The molecule has 0 unspecified atom stereocenters. The smallest absolute Gasteiger partial charge is 0.325 e. The quantitative estimate of drug-likeness (QED) is 0.651. The number of hydrogen-bond acceptors (Lipinski definition) is 4. The molecular weight excluding hydrogens is 344 g/mol. The summed E-state index contributed by atoms with van der Waals surface area (Å²) in [5.74, 6) is 0.983. The molecular formula is C20H24N4O3. The van der Waals surface area contributed by atoms with Crippen LogP contribution >= 0.6 is 0 Å². The second-order valence-electron chi connectivity index (χ2n) is 7.06. The highest BCUT2D eigenvalue weighted by Crippen LogP contribution is 2.39. The fourth-order valence-electron chi connectivity index (χ4n) is 3.03. The van der Waals surface area contributed by atoms with Crippen molar-refractivity contribution in [2.24, 2.45) is 5.92 Å². The lowest BCUT2D eigenvalue weighted by molar-refractivity contribution is -0.118. The van der Waals surface area contributed by atoms with E-state index < -0.39 is 0 Å². The summed E-state index contributed by atoms with van der Waals surface area (Å²) < 4.78 is 6.20. The van der Waals surface area contributed by atoms with Crippen LogP contribution in [-0.4, -0.2) is 20.9 Å². The number of imidazole rings is 1. The van der Waals surface area contributed by atoms with Crippen molar-refractivity contribution >= 4 is 22.8 Å². The number of aromatic amines is 2. The highest BCUT2D eigenvalue weighted by molar-refractivity contribution is 5.94. The summed E-state index contributed by atoms with van der Waals surface area (Å²) in [5, 5.41) is 3.02. The zero-order valence-electron chi connectivity index (χ0n) is 16.4. The Bertz CT molecular complexity index is 1090. The maximum Gasteiger partial charge on any atom is 0.325 e. The van der Waals surface area contributed by atoms with Crippen molar-refractivity contribution in [3.63, 3.8) is 0 Å². The number of pyridine rings is 1. The Morgan fingerprint density at radius 2 is 1.78 bits per heavy atom. The summed E-state index contributed by atoms with van der Waals surface area (Å²) in [5.41, 5.74) is 5.25. The molecule has 0 saturated carbocycles. The lowest BCUT2D eigenvalue weighted by Crippen LogP contribution is -2.19. The minimum absolute atomic E-state index is 0.0448. The molecule has 0 aliphatic rings. The summed E-state index contributed by atoms with van der Waals surface area (Å²) in [7, 11) is 0. The third-order valence-corrected chi connectivity index (χ3v) is 4.92. The van der Waals surface area contributed by atoms with Crippen LogP contribution in [0.3, 0.4) is 0 Å². The van der Waals surface area contributed by atoms with Gasteiger partial charge in [0.25, 0.3) is 0 Å². The molecule has 7 heteroatoms. The molecule has 2 heterocycles. The fourth-order valence-corrected chi connectivity index (χ4v) is 3.03. The van der Waals surface area contributed by atoms with Gasteiger partial charge >= 0.3 is 5.69 Å². The molecule has 0 bridgehead atoms. The predicted octanol–water partition coefficient (Wildman–Crippen LogP) is 3.87. The highest BCUT2D eigenvalue weighted by Gasteiger charge is 2.20. The van der Waals surface area contributed by atoms with Crippen LogP contribution in [-0.2, 0) is 4.79 Å². The van der Waals surface area contributed by atoms with Gasteiger partial charge in [0.2, 0.25) is 5.91 Å². The molecule has 7 nitrogen and oxygen atoms in total. The normalized spacial score (nSPS) is 11.2. The molecule has 3 rings (SSSR count). The average Bonchev–Trinajstić information content (AvgIpc) is 3.01. The number of carbonyl (C=O) groups is 1. The number of benzene rings is 1. The van der Waals surface area contributed by atoms with Gasteiger partial charge in [-0.05, 0) is 44.4 Å². The van der Waals surface area contributed by atoms with Crippen LogP contribution < -0.4 is 15.7 Å². The molecule has 0 spiro atoms. The number of nitrogens with one attached hydrogen (secondary N) is 3. The SMILES string of the molecule is Cc1c(C)c(NC(=O)C(C)C)c(C)c(Oc2ccnc3[nH]c(=O)[nH]c23)c1C. The first-order valence-corrected chi connectivity index (χ1v) is 8.86. The Labute approximate surface area is 157 Å². The van der Waals surface area contributed by atoms with Crippen molar-refractivity contribution in [1.29, 1.82) is 0 Å². The minimum Gasteiger partial charge on any atom is -0.454 e. The van der Waals surface area contributed by atoms with E-state index in [-0.39, 0.29) is 17.5 Å². The number of fused-ring (bicyclic) bond motifs is 1. The first kappa shape index (κ1) is 18.7. The molecule has 3 aromatic rings. The van der Waals surface area contributed by atoms with Crippen LogP contribution in [0.25, 0.3) is 11.2 Å². The van der Waals surface area contributed by atoms with E-state index in [4.69, 9.17) is 4.74 Å². The topological polar surface area (TPSA) is 99.9 Å². The standard InChI is InChI=1S/C20H24N4O3/c1-9(2)19(25)22-15-11(4)10(3)12(5)17(13(15)6)27-14-7-8-21-18-16(14)23-20(26)24-18/h7-9H,1-6H3,(H,22,25)(H2,21,23,24,26). The zero-order valence-corrected chi connectivity index (χ0v) is 16.4. The van der Waals surface area contributed by atoms with Crippen molar-refractivity contribution in [2.45, 2.75) is 41.5 Å². The monoisotopic (exact) mass is 368 g/mol. The van der Waals surface area contributed by atoms with Crippen LogP contribution in [0.5, 0.6) is 11.5 Å². The van der Waals surface area contributed by atoms with Gasteiger partial charge in [0.1, 0.15) is 11.3 Å². The number of nitrogens with zero attached hydrogens (tertiary/aromatic N) is 1. The van der Waals surface area contributed by atoms with Crippen LogP contribution in [0, 0.1) is 33.6 Å². The molecule has 0 atom stereocenters. The van der Waals surface area contributed by atoms with Gasteiger partial charge in [-0.25, -0.2) is 9.78 Å². The maximum atomic E-state index is 12.3. The number of ether oxygens (including phenoxy) is 1. The van der Waals surface area contributed by atoms with E-state index in [0.717, 1.165) is 27.9 Å². The molecule has 0 radical (unpaired) electrons. The molecule has 0 aliphatic heterocycles. The Morgan fingerprint density at radius 3 is 2.44 bits per heavy atom. The number of aromatic nitrogens is 3. The van der Waals surface area contributed by atoms with Gasteiger partial charge in [0, 0.05) is 23.7 Å². The summed E-state index contributed by atoms with van der Waals surface area (Å²) in [6.45, 7) is 11.6. The Morgan fingerprint density at radius 1 is 1.07 bits per heavy atom. The van der Waals surface area contributed by atoms with Crippen LogP contribution in [0.2, 0.25) is 0 Å². The molecule has 2 aromatic heterocycles. The van der Waals surface area contributed by atoms with E-state index in [2.05, 4.69) is 20.3 Å². The van der Waals surface area contributed by atoms with Gasteiger partial charge in [-0.3, -0.25) is 9.78 Å².